The van der Waals surface area contributed by atoms with Crippen LogP contribution >= 0.6 is 0 Å². The number of hydrogen-bond donors (Lipinski definition) is 1. The SMILES string of the molecule is O=C([O-])C1CC(=O)N(c2ccc(O)cc2)C1. The lowest BCUT2D eigenvalue weighted by Gasteiger charge is -2.17. The van der Waals surface area contributed by atoms with E-state index in [1.54, 1.807) is 12.1 Å². The first-order chi connectivity index (χ1) is 7.58. The number of hydrogen-bond acceptors (Lipinski definition) is 4. The standard InChI is InChI=1S/C11H11NO4/c13-9-3-1-8(2-4-9)12-6-7(11(15)16)5-10(12)14/h1-4,7,13H,5-6H2,(H,15,16)/p-1. The molecule has 1 heterocycles. The third kappa shape index (κ3) is 1.84. The number of nitrogens with zero attached hydrogens (tertiary/aromatic N) is 1. The third-order valence-corrected chi connectivity index (χ3v) is 2.62. The topological polar surface area (TPSA) is 80.7 Å². The van der Waals surface area contributed by atoms with Crippen molar-refractivity contribution in [2.75, 3.05) is 11.4 Å². The van der Waals surface area contributed by atoms with Gasteiger partial charge in [0.05, 0.1) is 0 Å². The minimum Gasteiger partial charge on any atom is -0.550 e. The Morgan fingerprint density at radius 2 is 2.00 bits per heavy atom. The van der Waals surface area contributed by atoms with E-state index in [0.717, 1.165) is 0 Å². The van der Waals surface area contributed by atoms with Gasteiger partial charge in [-0.15, -0.1) is 0 Å². The first kappa shape index (κ1) is 10.5. The van der Waals surface area contributed by atoms with Gasteiger partial charge >= 0.3 is 0 Å². The molecule has 84 valence electrons. The number of carbonyl (C=O) groups is 2. The smallest absolute Gasteiger partial charge is 0.227 e. The quantitative estimate of drug-likeness (QED) is 0.728. The highest BCUT2D eigenvalue weighted by Gasteiger charge is 2.31. The number of benzene rings is 1. The minimum absolute atomic E-state index is 0.0246. The predicted molar refractivity (Wildman–Crippen MR) is 53.6 cm³/mol. The van der Waals surface area contributed by atoms with Crippen molar-refractivity contribution in [3.8, 4) is 5.75 Å². The Morgan fingerprint density at radius 3 is 2.50 bits per heavy atom. The van der Waals surface area contributed by atoms with Gasteiger partial charge in [-0.05, 0) is 24.3 Å². The van der Waals surface area contributed by atoms with Crippen LogP contribution in [0.15, 0.2) is 24.3 Å². The van der Waals surface area contributed by atoms with Crippen molar-refractivity contribution in [3.05, 3.63) is 24.3 Å². The molecule has 0 saturated carbocycles. The molecule has 0 bridgehead atoms. The summed E-state index contributed by atoms with van der Waals surface area (Å²) < 4.78 is 0. The average molecular weight is 220 g/mol. The van der Waals surface area contributed by atoms with E-state index in [4.69, 9.17) is 5.11 Å². The molecule has 0 aliphatic carbocycles. The van der Waals surface area contributed by atoms with E-state index in [1.165, 1.54) is 17.0 Å². The molecule has 1 aromatic rings. The predicted octanol–water partition coefficient (Wildman–Crippen LogP) is -0.505. The molecule has 1 amide bonds. The number of carboxylic acid groups (broad SMARTS) is 1. The summed E-state index contributed by atoms with van der Waals surface area (Å²) in [5, 5.41) is 19.7. The van der Waals surface area contributed by atoms with Gasteiger partial charge in [0.15, 0.2) is 0 Å². The number of phenolic OH excluding ortho intramolecular Hbond substituents is 1. The Morgan fingerprint density at radius 1 is 1.38 bits per heavy atom. The number of aliphatic carboxylic acids is 1. The van der Waals surface area contributed by atoms with Crippen LogP contribution in [-0.2, 0) is 9.59 Å². The summed E-state index contributed by atoms with van der Waals surface area (Å²) in [6.07, 6.45) is -0.0246. The van der Waals surface area contributed by atoms with Gasteiger partial charge in [0.1, 0.15) is 5.75 Å². The summed E-state index contributed by atoms with van der Waals surface area (Å²) in [4.78, 5) is 23.6. The van der Waals surface area contributed by atoms with E-state index in [2.05, 4.69) is 0 Å². The van der Waals surface area contributed by atoms with Crippen LogP contribution in [0.3, 0.4) is 0 Å². The molecule has 0 spiro atoms. The van der Waals surface area contributed by atoms with Gasteiger partial charge in [0, 0.05) is 30.5 Å². The second kappa shape index (κ2) is 3.84. The summed E-state index contributed by atoms with van der Waals surface area (Å²) >= 11 is 0. The summed E-state index contributed by atoms with van der Waals surface area (Å²) in [5.41, 5.74) is 0.589. The number of amides is 1. The molecule has 1 saturated heterocycles. The van der Waals surface area contributed by atoms with Gasteiger partial charge in [-0.2, -0.15) is 0 Å². The Bertz CT molecular complexity index is 426. The van der Waals surface area contributed by atoms with Crippen LogP contribution in [0.5, 0.6) is 5.75 Å². The Labute approximate surface area is 91.9 Å². The van der Waals surface area contributed by atoms with Gasteiger partial charge in [-0.3, -0.25) is 4.79 Å². The highest BCUT2D eigenvalue weighted by Crippen LogP contribution is 2.26. The zero-order valence-electron chi connectivity index (χ0n) is 8.42. The van der Waals surface area contributed by atoms with Crippen LogP contribution in [0.25, 0.3) is 0 Å². The van der Waals surface area contributed by atoms with Gasteiger partial charge in [-0.1, -0.05) is 0 Å². The maximum atomic E-state index is 11.5. The van der Waals surface area contributed by atoms with E-state index in [9.17, 15) is 14.7 Å². The van der Waals surface area contributed by atoms with Gasteiger partial charge in [-0.25, -0.2) is 0 Å². The zero-order valence-corrected chi connectivity index (χ0v) is 8.42. The Balaban J connectivity index is 2.20. The summed E-state index contributed by atoms with van der Waals surface area (Å²) in [7, 11) is 0. The molecule has 1 unspecified atom stereocenters. The number of phenols is 1. The lowest BCUT2D eigenvalue weighted by molar-refractivity contribution is -0.310. The molecule has 16 heavy (non-hydrogen) atoms. The lowest BCUT2D eigenvalue weighted by atomic mass is 10.1. The minimum atomic E-state index is -1.20. The van der Waals surface area contributed by atoms with Crippen molar-refractivity contribution in [2.45, 2.75) is 6.42 Å². The number of rotatable bonds is 2. The molecule has 5 heteroatoms. The van der Waals surface area contributed by atoms with Gasteiger partial charge in [0.25, 0.3) is 0 Å². The third-order valence-electron chi connectivity index (χ3n) is 2.62. The normalized spacial score (nSPS) is 20.1. The van der Waals surface area contributed by atoms with E-state index < -0.39 is 11.9 Å². The second-order valence-corrected chi connectivity index (χ2v) is 3.74. The first-order valence-electron chi connectivity index (χ1n) is 4.88. The highest BCUT2D eigenvalue weighted by atomic mass is 16.4. The van der Waals surface area contributed by atoms with E-state index in [1.807, 2.05) is 0 Å². The average Bonchev–Trinajstić information content (AvgIpc) is 2.62. The molecule has 1 fully saturated rings. The molecule has 1 aliphatic rings. The number of anilines is 1. The van der Waals surface area contributed by atoms with Crippen molar-refractivity contribution < 1.29 is 19.8 Å². The number of carbonyl (C=O) groups excluding carboxylic acids is 2. The summed E-state index contributed by atoms with van der Waals surface area (Å²) in [6, 6.07) is 6.06. The maximum Gasteiger partial charge on any atom is 0.227 e. The maximum absolute atomic E-state index is 11.5. The molecule has 1 aromatic carbocycles. The van der Waals surface area contributed by atoms with Crippen molar-refractivity contribution >= 4 is 17.6 Å². The molecule has 1 N–H and O–H groups in total. The molecule has 0 radical (unpaired) electrons. The monoisotopic (exact) mass is 220 g/mol. The van der Waals surface area contributed by atoms with Crippen molar-refractivity contribution in [1.82, 2.24) is 0 Å². The van der Waals surface area contributed by atoms with Crippen molar-refractivity contribution in [1.29, 1.82) is 0 Å². The largest absolute Gasteiger partial charge is 0.550 e. The Kier molecular flexibility index (Phi) is 2.52. The van der Waals surface area contributed by atoms with E-state index >= 15 is 0 Å². The molecule has 2 rings (SSSR count). The van der Waals surface area contributed by atoms with E-state index in [0.29, 0.717) is 5.69 Å². The fourth-order valence-corrected chi connectivity index (χ4v) is 1.75. The molecule has 1 atom stereocenters. The molecular weight excluding hydrogens is 210 g/mol. The highest BCUT2D eigenvalue weighted by molar-refractivity contribution is 5.98. The number of carboxylic acids is 1. The fourth-order valence-electron chi connectivity index (χ4n) is 1.75. The van der Waals surface area contributed by atoms with Crippen molar-refractivity contribution in [2.24, 2.45) is 5.92 Å². The second-order valence-electron chi connectivity index (χ2n) is 3.74. The van der Waals surface area contributed by atoms with Gasteiger partial charge in [0.2, 0.25) is 5.91 Å². The zero-order chi connectivity index (χ0) is 11.7. The summed E-state index contributed by atoms with van der Waals surface area (Å²) in [6.45, 7) is 0.131. The van der Waals surface area contributed by atoms with Crippen LogP contribution in [-0.4, -0.2) is 23.5 Å². The molecule has 0 aromatic heterocycles. The van der Waals surface area contributed by atoms with Crippen LogP contribution in [0.1, 0.15) is 6.42 Å². The fraction of sp³-hybridized carbons (Fsp3) is 0.273. The van der Waals surface area contributed by atoms with Gasteiger partial charge < -0.3 is 19.9 Å². The first-order valence-corrected chi connectivity index (χ1v) is 4.88. The van der Waals surface area contributed by atoms with Crippen LogP contribution < -0.4 is 10.0 Å². The Hall–Kier alpha value is -2.04. The molecule has 5 nitrogen and oxygen atoms in total. The van der Waals surface area contributed by atoms with Crippen LogP contribution in [0, 0.1) is 5.92 Å². The van der Waals surface area contributed by atoms with Crippen LogP contribution in [0.2, 0.25) is 0 Å². The molecule has 1 aliphatic heterocycles. The number of aromatic hydroxyl groups is 1. The molecular formula is C11H10NO4-. The van der Waals surface area contributed by atoms with E-state index in [-0.39, 0.29) is 24.6 Å². The van der Waals surface area contributed by atoms with Crippen LogP contribution in [0.4, 0.5) is 5.69 Å². The summed E-state index contributed by atoms with van der Waals surface area (Å²) in [5.74, 6) is -2.08. The lowest BCUT2D eigenvalue weighted by Crippen LogP contribution is -2.33. The van der Waals surface area contributed by atoms with Crippen molar-refractivity contribution in [3.63, 3.8) is 0 Å².